The molecule has 0 saturated carbocycles. The van der Waals surface area contributed by atoms with Gasteiger partial charge in [0.15, 0.2) is 0 Å². The fourth-order valence-corrected chi connectivity index (χ4v) is 2.91. The minimum atomic E-state index is -0.407. The van der Waals surface area contributed by atoms with Crippen LogP contribution in [0.1, 0.15) is 32.6 Å². The van der Waals surface area contributed by atoms with E-state index in [1.807, 2.05) is 0 Å². The van der Waals surface area contributed by atoms with Crippen LogP contribution in [0.25, 0.3) is 0 Å². The van der Waals surface area contributed by atoms with Gasteiger partial charge in [-0.3, -0.25) is 9.69 Å². The summed E-state index contributed by atoms with van der Waals surface area (Å²) in [7, 11) is 0. The molecular weight excluding hydrogens is 279 g/mol. The molecule has 0 radical (unpaired) electrons. The van der Waals surface area contributed by atoms with Gasteiger partial charge in [-0.2, -0.15) is 0 Å². The molecule has 0 bridgehead atoms. The first-order chi connectivity index (χ1) is 9.60. The lowest BCUT2D eigenvalue weighted by Crippen LogP contribution is -2.43. The van der Waals surface area contributed by atoms with E-state index < -0.39 is 5.82 Å². The van der Waals surface area contributed by atoms with Crippen molar-refractivity contribution in [2.24, 2.45) is 0 Å². The topological polar surface area (TPSA) is 32.3 Å². The van der Waals surface area contributed by atoms with E-state index in [0.717, 1.165) is 25.8 Å². The van der Waals surface area contributed by atoms with E-state index in [-0.39, 0.29) is 10.9 Å². The maximum atomic E-state index is 12.9. The predicted octanol–water partition coefficient (Wildman–Crippen LogP) is 3.68. The largest absolute Gasteiger partial charge is 0.324 e. The van der Waals surface area contributed by atoms with E-state index in [9.17, 15) is 9.18 Å². The van der Waals surface area contributed by atoms with Crippen LogP contribution in [0, 0.1) is 5.82 Å². The molecule has 0 spiro atoms. The second kappa shape index (κ2) is 7.04. The minimum absolute atomic E-state index is 0.0983. The second-order valence-corrected chi connectivity index (χ2v) is 5.61. The fourth-order valence-electron chi connectivity index (χ4n) is 2.70. The molecule has 1 aliphatic rings. The highest BCUT2D eigenvalue weighted by Gasteiger charge is 2.22. The number of nitrogens with one attached hydrogen (secondary N) is 1. The number of hydrogen-bond donors (Lipinski definition) is 1. The molecule has 110 valence electrons. The Morgan fingerprint density at radius 2 is 2.30 bits per heavy atom. The Bertz CT molecular complexity index is 481. The zero-order chi connectivity index (χ0) is 14.5. The summed E-state index contributed by atoms with van der Waals surface area (Å²) in [5.74, 6) is -0.506. The molecule has 1 N–H and O–H groups in total. The quantitative estimate of drug-likeness (QED) is 0.919. The summed E-state index contributed by atoms with van der Waals surface area (Å²) >= 11 is 5.90. The van der Waals surface area contributed by atoms with Crippen molar-refractivity contribution in [3.63, 3.8) is 0 Å². The standard InChI is InChI=1S/C15H20ClFN2O/c1-2-12-5-3-4-8-19(12)10-15(20)18-14-7-6-11(17)9-13(14)16/h6-7,9,12H,2-5,8,10H2,1H3,(H,18,20). The number of carbonyl (C=O) groups is 1. The molecule has 1 fully saturated rings. The van der Waals surface area contributed by atoms with E-state index in [1.165, 1.54) is 24.6 Å². The SMILES string of the molecule is CCC1CCCCN1CC(=O)Nc1ccc(F)cc1Cl. The maximum Gasteiger partial charge on any atom is 0.238 e. The molecule has 1 unspecified atom stereocenters. The average Bonchev–Trinajstić information content (AvgIpc) is 2.42. The molecule has 1 aromatic carbocycles. The molecular formula is C15H20ClFN2O. The van der Waals surface area contributed by atoms with E-state index in [4.69, 9.17) is 11.6 Å². The Hall–Kier alpha value is -1.13. The van der Waals surface area contributed by atoms with Gasteiger partial charge in [-0.05, 0) is 44.0 Å². The third-order valence-corrected chi connectivity index (χ3v) is 4.08. The van der Waals surface area contributed by atoms with Crippen molar-refractivity contribution in [1.29, 1.82) is 0 Å². The van der Waals surface area contributed by atoms with Crippen molar-refractivity contribution in [3.05, 3.63) is 29.0 Å². The molecule has 20 heavy (non-hydrogen) atoms. The van der Waals surface area contributed by atoms with Gasteiger partial charge in [0, 0.05) is 6.04 Å². The lowest BCUT2D eigenvalue weighted by atomic mass is 10.00. The maximum absolute atomic E-state index is 12.9. The summed E-state index contributed by atoms with van der Waals surface area (Å²) in [6.07, 6.45) is 4.59. The Balaban J connectivity index is 1.94. The summed E-state index contributed by atoms with van der Waals surface area (Å²) in [4.78, 5) is 14.3. The van der Waals surface area contributed by atoms with Crippen LogP contribution in [0.15, 0.2) is 18.2 Å². The van der Waals surface area contributed by atoms with Gasteiger partial charge in [0.1, 0.15) is 5.82 Å². The number of amides is 1. The van der Waals surface area contributed by atoms with Crippen molar-refractivity contribution >= 4 is 23.2 Å². The average molecular weight is 299 g/mol. The van der Waals surface area contributed by atoms with Crippen LogP contribution in [-0.2, 0) is 4.79 Å². The van der Waals surface area contributed by atoms with Crippen LogP contribution in [0.5, 0.6) is 0 Å². The summed E-state index contributed by atoms with van der Waals surface area (Å²) in [6.45, 7) is 3.48. The summed E-state index contributed by atoms with van der Waals surface area (Å²) in [5.41, 5.74) is 0.461. The van der Waals surface area contributed by atoms with Crippen LogP contribution in [0.4, 0.5) is 10.1 Å². The highest BCUT2D eigenvalue weighted by molar-refractivity contribution is 6.33. The van der Waals surface area contributed by atoms with Crippen molar-refractivity contribution in [3.8, 4) is 0 Å². The number of anilines is 1. The van der Waals surface area contributed by atoms with Crippen molar-refractivity contribution in [2.45, 2.75) is 38.6 Å². The zero-order valence-electron chi connectivity index (χ0n) is 11.7. The minimum Gasteiger partial charge on any atom is -0.324 e. The van der Waals surface area contributed by atoms with E-state index in [2.05, 4.69) is 17.1 Å². The molecule has 5 heteroatoms. The molecule has 1 heterocycles. The Kier molecular flexibility index (Phi) is 5.38. The Labute approximate surface area is 124 Å². The van der Waals surface area contributed by atoms with E-state index >= 15 is 0 Å². The number of benzene rings is 1. The van der Waals surface area contributed by atoms with Gasteiger partial charge in [0.2, 0.25) is 5.91 Å². The molecule has 2 rings (SSSR count). The van der Waals surface area contributed by atoms with Crippen LogP contribution in [-0.4, -0.2) is 29.9 Å². The highest BCUT2D eigenvalue weighted by Crippen LogP contribution is 2.23. The Morgan fingerprint density at radius 1 is 1.50 bits per heavy atom. The van der Waals surface area contributed by atoms with Crippen LogP contribution in [0.2, 0.25) is 5.02 Å². The van der Waals surface area contributed by atoms with Crippen molar-refractivity contribution in [2.75, 3.05) is 18.4 Å². The van der Waals surface area contributed by atoms with E-state index in [0.29, 0.717) is 18.3 Å². The second-order valence-electron chi connectivity index (χ2n) is 5.20. The number of piperidine rings is 1. The van der Waals surface area contributed by atoms with E-state index in [1.54, 1.807) is 0 Å². The molecule has 1 amide bonds. The van der Waals surface area contributed by atoms with Crippen molar-refractivity contribution in [1.82, 2.24) is 4.90 Å². The van der Waals surface area contributed by atoms with Gasteiger partial charge >= 0.3 is 0 Å². The van der Waals surface area contributed by atoms with Crippen LogP contribution >= 0.6 is 11.6 Å². The third-order valence-electron chi connectivity index (χ3n) is 3.77. The number of carbonyl (C=O) groups excluding carboxylic acids is 1. The molecule has 0 aliphatic carbocycles. The number of likely N-dealkylation sites (tertiary alicyclic amines) is 1. The third kappa shape index (κ3) is 3.93. The zero-order valence-corrected chi connectivity index (χ0v) is 12.4. The van der Waals surface area contributed by atoms with Crippen LogP contribution < -0.4 is 5.32 Å². The summed E-state index contributed by atoms with van der Waals surface area (Å²) < 4.78 is 12.9. The molecule has 1 aliphatic heterocycles. The Morgan fingerprint density at radius 3 is 3.00 bits per heavy atom. The lowest BCUT2D eigenvalue weighted by Gasteiger charge is -2.34. The number of rotatable bonds is 4. The molecule has 1 atom stereocenters. The normalized spacial score (nSPS) is 19.9. The number of hydrogen-bond acceptors (Lipinski definition) is 2. The van der Waals surface area contributed by atoms with Gasteiger partial charge in [0.05, 0.1) is 17.3 Å². The highest BCUT2D eigenvalue weighted by atomic mass is 35.5. The summed E-state index contributed by atoms with van der Waals surface area (Å²) in [5, 5.41) is 2.98. The number of halogens is 2. The van der Waals surface area contributed by atoms with Gasteiger partial charge < -0.3 is 5.32 Å². The first kappa shape index (κ1) is 15.3. The first-order valence-corrected chi connectivity index (χ1v) is 7.47. The van der Waals surface area contributed by atoms with Crippen molar-refractivity contribution < 1.29 is 9.18 Å². The fraction of sp³-hybridized carbons (Fsp3) is 0.533. The molecule has 1 aromatic rings. The van der Waals surface area contributed by atoms with Gasteiger partial charge in [0.25, 0.3) is 0 Å². The molecule has 3 nitrogen and oxygen atoms in total. The molecule has 1 saturated heterocycles. The smallest absolute Gasteiger partial charge is 0.238 e. The number of nitrogens with zero attached hydrogens (tertiary/aromatic N) is 1. The predicted molar refractivity (Wildman–Crippen MR) is 79.5 cm³/mol. The van der Waals surface area contributed by atoms with Gasteiger partial charge in [-0.1, -0.05) is 24.9 Å². The van der Waals surface area contributed by atoms with Gasteiger partial charge in [-0.15, -0.1) is 0 Å². The summed E-state index contributed by atoms with van der Waals surface area (Å²) in [6, 6.07) is 4.46. The molecule has 0 aromatic heterocycles. The first-order valence-electron chi connectivity index (χ1n) is 7.09. The van der Waals surface area contributed by atoms with Gasteiger partial charge in [-0.25, -0.2) is 4.39 Å². The lowest BCUT2D eigenvalue weighted by molar-refractivity contribution is -0.118. The monoisotopic (exact) mass is 298 g/mol. The van der Waals surface area contributed by atoms with Crippen LogP contribution in [0.3, 0.4) is 0 Å².